The molecule has 1 aromatic rings. The number of rotatable bonds is 6. The van der Waals surface area contributed by atoms with Gasteiger partial charge in [0, 0.05) is 55.1 Å². The third kappa shape index (κ3) is 6.91. The molecule has 21 heavy (non-hydrogen) atoms. The Morgan fingerprint density at radius 3 is 2.48 bits per heavy atom. The largest absolute Gasteiger partial charge is 0.373 e. The highest BCUT2D eigenvalue weighted by atomic mass is 32.2. The standard InChI is InChI=1S/C15H27N3O2S/c1-12-9-14(18(5)7-8-21(6,19)20)13(10-16-12)11-17-15(2,3)4/h9-10,17H,7-8,11H2,1-6H3. The Labute approximate surface area is 128 Å². The summed E-state index contributed by atoms with van der Waals surface area (Å²) in [5, 5.41) is 3.44. The maximum absolute atomic E-state index is 11.3. The molecule has 0 radical (unpaired) electrons. The van der Waals surface area contributed by atoms with Gasteiger partial charge in [-0.2, -0.15) is 0 Å². The van der Waals surface area contributed by atoms with Crippen LogP contribution in [0.4, 0.5) is 5.69 Å². The molecule has 0 amide bonds. The molecular formula is C15H27N3O2S. The SMILES string of the molecule is Cc1cc(N(C)CCS(C)(=O)=O)c(CNC(C)(C)C)cn1. The van der Waals surface area contributed by atoms with Crippen molar-refractivity contribution in [3.05, 3.63) is 23.5 Å². The second kappa shape index (κ2) is 6.75. The van der Waals surface area contributed by atoms with E-state index in [1.54, 1.807) is 0 Å². The minimum atomic E-state index is -2.96. The maximum Gasteiger partial charge on any atom is 0.149 e. The van der Waals surface area contributed by atoms with E-state index in [4.69, 9.17) is 0 Å². The molecule has 0 aliphatic carbocycles. The van der Waals surface area contributed by atoms with Crippen molar-refractivity contribution in [1.29, 1.82) is 0 Å². The monoisotopic (exact) mass is 313 g/mol. The average molecular weight is 313 g/mol. The van der Waals surface area contributed by atoms with Crippen molar-refractivity contribution in [3.63, 3.8) is 0 Å². The molecule has 0 unspecified atom stereocenters. The normalized spacial score (nSPS) is 12.5. The van der Waals surface area contributed by atoms with Crippen LogP contribution in [0.25, 0.3) is 0 Å². The fraction of sp³-hybridized carbons (Fsp3) is 0.667. The van der Waals surface area contributed by atoms with E-state index in [1.165, 1.54) is 6.26 Å². The third-order valence-electron chi connectivity index (χ3n) is 3.12. The van der Waals surface area contributed by atoms with Crippen LogP contribution in [0.3, 0.4) is 0 Å². The molecule has 5 nitrogen and oxygen atoms in total. The van der Waals surface area contributed by atoms with Crippen LogP contribution >= 0.6 is 0 Å². The fourth-order valence-corrected chi connectivity index (χ4v) is 2.45. The Morgan fingerprint density at radius 2 is 1.95 bits per heavy atom. The molecule has 120 valence electrons. The van der Waals surface area contributed by atoms with Crippen LogP contribution < -0.4 is 10.2 Å². The molecule has 0 aliphatic rings. The van der Waals surface area contributed by atoms with Gasteiger partial charge in [0.1, 0.15) is 9.84 Å². The molecule has 1 rings (SSSR count). The van der Waals surface area contributed by atoms with Crippen LogP contribution in [-0.4, -0.2) is 44.5 Å². The molecular weight excluding hydrogens is 286 g/mol. The Balaban J connectivity index is 2.90. The quantitative estimate of drug-likeness (QED) is 0.867. The van der Waals surface area contributed by atoms with Gasteiger partial charge in [-0.3, -0.25) is 4.98 Å². The van der Waals surface area contributed by atoms with E-state index in [9.17, 15) is 8.42 Å². The first-order chi connectivity index (χ1) is 9.48. The van der Waals surface area contributed by atoms with Crippen LogP contribution in [0.1, 0.15) is 32.0 Å². The van der Waals surface area contributed by atoms with E-state index >= 15 is 0 Å². The van der Waals surface area contributed by atoms with Gasteiger partial charge in [0.2, 0.25) is 0 Å². The van der Waals surface area contributed by atoms with Crippen molar-refractivity contribution in [3.8, 4) is 0 Å². The summed E-state index contributed by atoms with van der Waals surface area (Å²) >= 11 is 0. The summed E-state index contributed by atoms with van der Waals surface area (Å²) in [6.07, 6.45) is 3.13. The van der Waals surface area contributed by atoms with E-state index in [-0.39, 0.29) is 11.3 Å². The Kier molecular flexibility index (Phi) is 5.75. The van der Waals surface area contributed by atoms with E-state index in [2.05, 4.69) is 31.1 Å². The zero-order valence-electron chi connectivity index (χ0n) is 13.9. The molecule has 1 N–H and O–H groups in total. The first kappa shape index (κ1) is 17.9. The number of sulfone groups is 1. The van der Waals surface area contributed by atoms with Crippen molar-refractivity contribution >= 4 is 15.5 Å². The number of hydrogen-bond acceptors (Lipinski definition) is 5. The van der Waals surface area contributed by atoms with Gasteiger partial charge < -0.3 is 10.2 Å². The summed E-state index contributed by atoms with van der Waals surface area (Å²) in [7, 11) is -1.04. The van der Waals surface area contributed by atoms with Gasteiger partial charge in [-0.15, -0.1) is 0 Å². The minimum Gasteiger partial charge on any atom is -0.373 e. The minimum absolute atomic E-state index is 0.0213. The second-order valence-electron chi connectivity index (χ2n) is 6.61. The molecule has 1 heterocycles. The second-order valence-corrected chi connectivity index (χ2v) is 8.87. The van der Waals surface area contributed by atoms with Gasteiger partial charge in [0.05, 0.1) is 5.75 Å². The summed E-state index contributed by atoms with van der Waals surface area (Å²) in [5.74, 6) is 0.150. The highest BCUT2D eigenvalue weighted by molar-refractivity contribution is 7.90. The molecule has 0 bridgehead atoms. The van der Waals surface area contributed by atoms with Crippen molar-refractivity contribution in [1.82, 2.24) is 10.3 Å². The number of aryl methyl sites for hydroxylation is 1. The molecule has 0 fully saturated rings. The molecule has 0 saturated heterocycles. The molecule has 1 aromatic heterocycles. The predicted octanol–water partition coefficient (Wildman–Crippen LogP) is 1.76. The highest BCUT2D eigenvalue weighted by Gasteiger charge is 2.14. The molecule has 0 aliphatic heterocycles. The van der Waals surface area contributed by atoms with Gasteiger partial charge in [-0.1, -0.05) is 0 Å². The van der Waals surface area contributed by atoms with Gasteiger partial charge in [0.15, 0.2) is 0 Å². The van der Waals surface area contributed by atoms with E-state index in [0.717, 1.165) is 16.9 Å². The molecule has 0 aromatic carbocycles. The van der Waals surface area contributed by atoms with Gasteiger partial charge >= 0.3 is 0 Å². The van der Waals surface area contributed by atoms with E-state index in [0.29, 0.717) is 13.1 Å². The average Bonchev–Trinajstić information content (AvgIpc) is 2.32. The number of anilines is 1. The zero-order valence-corrected chi connectivity index (χ0v) is 14.7. The number of pyridine rings is 1. The van der Waals surface area contributed by atoms with Crippen LogP contribution in [0.5, 0.6) is 0 Å². The van der Waals surface area contributed by atoms with Crippen molar-refractivity contribution < 1.29 is 8.42 Å². The smallest absolute Gasteiger partial charge is 0.149 e. The number of nitrogens with one attached hydrogen (secondary N) is 1. The molecule has 0 spiro atoms. The maximum atomic E-state index is 11.3. The topological polar surface area (TPSA) is 62.3 Å². The van der Waals surface area contributed by atoms with Gasteiger partial charge in [-0.25, -0.2) is 8.42 Å². The summed E-state index contributed by atoms with van der Waals surface area (Å²) < 4.78 is 22.6. The lowest BCUT2D eigenvalue weighted by Crippen LogP contribution is -2.36. The predicted molar refractivity (Wildman–Crippen MR) is 88.5 cm³/mol. The third-order valence-corrected chi connectivity index (χ3v) is 4.04. The fourth-order valence-electron chi connectivity index (χ4n) is 1.85. The first-order valence-corrected chi connectivity index (χ1v) is 9.13. The Morgan fingerprint density at radius 1 is 1.33 bits per heavy atom. The van der Waals surface area contributed by atoms with Crippen LogP contribution in [0, 0.1) is 6.92 Å². The summed E-state index contributed by atoms with van der Waals surface area (Å²) in [5.41, 5.74) is 3.05. The van der Waals surface area contributed by atoms with Crippen LogP contribution in [0.15, 0.2) is 12.3 Å². The van der Waals surface area contributed by atoms with Gasteiger partial charge in [-0.05, 0) is 33.8 Å². The first-order valence-electron chi connectivity index (χ1n) is 7.07. The lowest BCUT2D eigenvalue weighted by atomic mass is 10.1. The Bertz CT molecular complexity index is 577. The molecule has 0 saturated carbocycles. The number of hydrogen-bond donors (Lipinski definition) is 1. The lowest BCUT2D eigenvalue weighted by molar-refractivity contribution is 0.424. The summed E-state index contributed by atoms with van der Waals surface area (Å²) in [6.45, 7) is 9.46. The molecule has 6 heteroatoms. The highest BCUT2D eigenvalue weighted by Crippen LogP contribution is 2.20. The Hall–Kier alpha value is -1.14. The van der Waals surface area contributed by atoms with Crippen LogP contribution in [0.2, 0.25) is 0 Å². The molecule has 0 atom stereocenters. The van der Waals surface area contributed by atoms with E-state index < -0.39 is 9.84 Å². The van der Waals surface area contributed by atoms with Crippen molar-refractivity contribution in [2.75, 3.05) is 30.5 Å². The van der Waals surface area contributed by atoms with E-state index in [1.807, 2.05) is 31.1 Å². The lowest BCUT2D eigenvalue weighted by Gasteiger charge is -2.25. The number of aromatic nitrogens is 1. The van der Waals surface area contributed by atoms with Crippen molar-refractivity contribution in [2.24, 2.45) is 0 Å². The number of nitrogens with zero attached hydrogens (tertiary/aromatic N) is 2. The summed E-state index contributed by atoms with van der Waals surface area (Å²) in [6, 6.07) is 2.00. The van der Waals surface area contributed by atoms with Crippen LogP contribution in [-0.2, 0) is 16.4 Å². The summed E-state index contributed by atoms with van der Waals surface area (Å²) in [4.78, 5) is 6.33. The van der Waals surface area contributed by atoms with Gasteiger partial charge in [0.25, 0.3) is 0 Å². The zero-order chi connectivity index (χ0) is 16.3. The van der Waals surface area contributed by atoms with Crippen molar-refractivity contribution in [2.45, 2.75) is 39.8 Å².